The van der Waals surface area contributed by atoms with Gasteiger partial charge in [-0.1, -0.05) is 73.7 Å². The first-order chi connectivity index (χ1) is 8.79. The van der Waals surface area contributed by atoms with Crippen LogP contribution in [0.15, 0.2) is 24.3 Å². The standard InChI is InChI=1S/C16H25BrO/c1-3-5-6-9-13-18-16-12-8-7-11-14(16)15(17)10-4-2/h7-8,11-12,15H,3-6,9-10,13H2,1-2H3. The summed E-state index contributed by atoms with van der Waals surface area (Å²) in [5.74, 6) is 1.05. The van der Waals surface area contributed by atoms with Gasteiger partial charge >= 0.3 is 0 Å². The second-order valence-corrected chi connectivity index (χ2v) is 5.81. The van der Waals surface area contributed by atoms with Crippen LogP contribution in [0.3, 0.4) is 0 Å². The molecule has 102 valence electrons. The van der Waals surface area contributed by atoms with E-state index in [9.17, 15) is 0 Å². The molecule has 1 unspecified atom stereocenters. The molecule has 0 radical (unpaired) electrons. The number of hydrogen-bond donors (Lipinski definition) is 0. The first kappa shape index (κ1) is 15.6. The van der Waals surface area contributed by atoms with Crippen molar-refractivity contribution in [2.45, 2.75) is 57.2 Å². The topological polar surface area (TPSA) is 9.23 Å². The molecule has 1 aromatic carbocycles. The number of halogens is 1. The summed E-state index contributed by atoms with van der Waals surface area (Å²) in [6.07, 6.45) is 7.34. The van der Waals surface area contributed by atoms with E-state index in [0.29, 0.717) is 4.83 Å². The lowest BCUT2D eigenvalue weighted by molar-refractivity contribution is 0.302. The Morgan fingerprint density at radius 2 is 1.83 bits per heavy atom. The maximum atomic E-state index is 5.92. The Hall–Kier alpha value is -0.500. The Morgan fingerprint density at radius 3 is 2.56 bits per heavy atom. The number of para-hydroxylation sites is 1. The first-order valence-corrected chi connectivity index (χ1v) is 8.07. The number of ether oxygens (including phenoxy) is 1. The van der Waals surface area contributed by atoms with E-state index in [4.69, 9.17) is 4.74 Å². The van der Waals surface area contributed by atoms with Gasteiger partial charge in [0.1, 0.15) is 5.75 Å². The molecule has 0 bridgehead atoms. The minimum absolute atomic E-state index is 0.411. The van der Waals surface area contributed by atoms with Crippen LogP contribution in [0, 0.1) is 0 Å². The number of rotatable bonds is 9. The largest absolute Gasteiger partial charge is 0.493 e. The van der Waals surface area contributed by atoms with Gasteiger partial charge in [-0.05, 0) is 18.9 Å². The van der Waals surface area contributed by atoms with Crippen molar-refractivity contribution in [3.63, 3.8) is 0 Å². The molecule has 0 aromatic heterocycles. The van der Waals surface area contributed by atoms with Gasteiger partial charge in [-0.25, -0.2) is 0 Å². The van der Waals surface area contributed by atoms with Gasteiger partial charge in [0.25, 0.3) is 0 Å². The molecule has 0 N–H and O–H groups in total. The minimum Gasteiger partial charge on any atom is -0.493 e. The van der Waals surface area contributed by atoms with Crippen LogP contribution >= 0.6 is 15.9 Å². The van der Waals surface area contributed by atoms with E-state index in [2.05, 4.69) is 54.0 Å². The third-order valence-electron chi connectivity index (χ3n) is 3.05. The van der Waals surface area contributed by atoms with Crippen LogP contribution in [0.25, 0.3) is 0 Å². The number of benzene rings is 1. The zero-order valence-corrected chi connectivity index (χ0v) is 13.2. The molecule has 2 heteroatoms. The molecule has 0 amide bonds. The summed E-state index contributed by atoms with van der Waals surface area (Å²) in [5, 5.41) is 0. The summed E-state index contributed by atoms with van der Waals surface area (Å²) in [4.78, 5) is 0.411. The molecule has 0 aliphatic rings. The van der Waals surface area contributed by atoms with Gasteiger partial charge in [0.05, 0.1) is 6.61 Å². The second kappa shape index (κ2) is 9.43. The second-order valence-electron chi connectivity index (χ2n) is 4.70. The highest BCUT2D eigenvalue weighted by atomic mass is 79.9. The van der Waals surface area contributed by atoms with E-state index in [1.54, 1.807) is 0 Å². The van der Waals surface area contributed by atoms with Crippen LogP contribution in [0.5, 0.6) is 5.75 Å². The lowest BCUT2D eigenvalue weighted by Gasteiger charge is -2.15. The number of alkyl halides is 1. The van der Waals surface area contributed by atoms with E-state index in [-0.39, 0.29) is 0 Å². The fraction of sp³-hybridized carbons (Fsp3) is 0.625. The van der Waals surface area contributed by atoms with Crippen LogP contribution in [-0.2, 0) is 0 Å². The van der Waals surface area contributed by atoms with Crippen molar-refractivity contribution in [1.29, 1.82) is 0 Å². The normalized spacial score (nSPS) is 12.4. The molecule has 0 spiro atoms. The van der Waals surface area contributed by atoms with Crippen LogP contribution in [0.4, 0.5) is 0 Å². The van der Waals surface area contributed by atoms with Crippen molar-refractivity contribution in [1.82, 2.24) is 0 Å². The van der Waals surface area contributed by atoms with Gasteiger partial charge in [0.15, 0.2) is 0 Å². The smallest absolute Gasteiger partial charge is 0.123 e. The maximum absolute atomic E-state index is 5.92. The Morgan fingerprint density at radius 1 is 1.06 bits per heavy atom. The van der Waals surface area contributed by atoms with E-state index in [0.717, 1.165) is 25.2 Å². The molecule has 1 nitrogen and oxygen atoms in total. The molecule has 0 aliphatic carbocycles. The van der Waals surface area contributed by atoms with Crippen molar-refractivity contribution in [3.8, 4) is 5.75 Å². The quantitative estimate of drug-likeness (QED) is 0.408. The summed E-state index contributed by atoms with van der Waals surface area (Å²) < 4.78 is 5.92. The zero-order chi connectivity index (χ0) is 13.2. The highest BCUT2D eigenvalue weighted by molar-refractivity contribution is 9.09. The van der Waals surface area contributed by atoms with Gasteiger partial charge < -0.3 is 4.74 Å². The van der Waals surface area contributed by atoms with Crippen LogP contribution in [-0.4, -0.2) is 6.61 Å². The SMILES string of the molecule is CCCCCCOc1ccccc1C(Br)CCC. The molecular formula is C16H25BrO. The third-order valence-corrected chi connectivity index (χ3v) is 4.01. The maximum Gasteiger partial charge on any atom is 0.123 e. The van der Waals surface area contributed by atoms with Crippen molar-refractivity contribution in [2.24, 2.45) is 0 Å². The Bertz CT molecular complexity index is 325. The van der Waals surface area contributed by atoms with Gasteiger partial charge in [-0.3, -0.25) is 0 Å². The number of unbranched alkanes of at least 4 members (excludes halogenated alkanes) is 3. The average molecular weight is 313 g/mol. The molecular weight excluding hydrogens is 288 g/mol. The minimum atomic E-state index is 0.411. The summed E-state index contributed by atoms with van der Waals surface area (Å²) in [7, 11) is 0. The fourth-order valence-corrected chi connectivity index (χ4v) is 2.83. The summed E-state index contributed by atoms with van der Waals surface area (Å²) in [6, 6.07) is 8.38. The molecule has 0 heterocycles. The Labute approximate surface area is 120 Å². The highest BCUT2D eigenvalue weighted by Gasteiger charge is 2.11. The molecule has 18 heavy (non-hydrogen) atoms. The van der Waals surface area contributed by atoms with Crippen molar-refractivity contribution < 1.29 is 4.74 Å². The molecule has 1 atom stereocenters. The monoisotopic (exact) mass is 312 g/mol. The Balaban J connectivity index is 2.48. The average Bonchev–Trinajstić information content (AvgIpc) is 2.39. The van der Waals surface area contributed by atoms with E-state index < -0.39 is 0 Å². The van der Waals surface area contributed by atoms with Gasteiger partial charge in [-0.2, -0.15) is 0 Å². The predicted molar refractivity (Wildman–Crippen MR) is 82.7 cm³/mol. The van der Waals surface area contributed by atoms with Gasteiger partial charge in [0, 0.05) is 10.4 Å². The third kappa shape index (κ3) is 5.43. The summed E-state index contributed by atoms with van der Waals surface area (Å²) >= 11 is 3.75. The lowest BCUT2D eigenvalue weighted by atomic mass is 10.1. The summed E-state index contributed by atoms with van der Waals surface area (Å²) in [6.45, 7) is 5.28. The molecule has 0 saturated heterocycles. The van der Waals surface area contributed by atoms with Crippen molar-refractivity contribution in [3.05, 3.63) is 29.8 Å². The predicted octanol–water partition coefficient (Wildman–Crippen LogP) is 5.88. The Kier molecular flexibility index (Phi) is 8.15. The lowest BCUT2D eigenvalue weighted by Crippen LogP contribution is -2.01. The van der Waals surface area contributed by atoms with E-state index in [1.807, 2.05) is 0 Å². The van der Waals surface area contributed by atoms with Crippen LogP contribution < -0.4 is 4.74 Å². The highest BCUT2D eigenvalue weighted by Crippen LogP contribution is 2.34. The molecule has 0 fully saturated rings. The molecule has 1 rings (SSSR count). The van der Waals surface area contributed by atoms with E-state index >= 15 is 0 Å². The summed E-state index contributed by atoms with van der Waals surface area (Å²) in [5.41, 5.74) is 1.29. The van der Waals surface area contributed by atoms with Crippen LogP contribution in [0.2, 0.25) is 0 Å². The molecule has 0 saturated carbocycles. The zero-order valence-electron chi connectivity index (χ0n) is 11.6. The van der Waals surface area contributed by atoms with E-state index in [1.165, 1.54) is 31.2 Å². The molecule has 1 aromatic rings. The van der Waals surface area contributed by atoms with Crippen molar-refractivity contribution >= 4 is 15.9 Å². The number of hydrogen-bond acceptors (Lipinski definition) is 1. The van der Waals surface area contributed by atoms with Gasteiger partial charge in [0.2, 0.25) is 0 Å². The fourth-order valence-electron chi connectivity index (χ4n) is 1.99. The van der Waals surface area contributed by atoms with Gasteiger partial charge in [-0.15, -0.1) is 0 Å². The molecule has 0 aliphatic heterocycles. The van der Waals surface area contributed by atoms with Crippen LogP contribution in [0.1, 0.15) is 62.8 Å². The van der Waals surface area contributed by atoms with Crippen molar-refractivity contribution in [2.75, 3.05) is 6.61 Å². The first-order valence-electron chi connectivity index (χ1n) is 7.15.